The van der Waals surface area contributed by atoms with Crippen LogP contribution < -0.4 is 0 Å². The van der Waals surface area contributed by atoms with Crippen molar-refractivity contribution in [3.63, 3.8) is 0 Å². The summed E-state index contributed by atoms with van der Waals surface area (Å²) in [5.74, 6) is -1.19. The molecule has 0 aliphatic heterocycles. The van der Waals surface area contributed by atoms with Crippen LogP contribution in [-0.2, 0) is 4.79 Å². The highest BCUT2D eigenvalue weighted by molar-refractivity contribution is 5.80. The van der Waals surface area contributed by atoms with Crippen LogP contribution in [0.5, 0.6) is 0 Å². The number of aliphatic hydroxyl groups excluding tert-OH is 1. The van der Waals surface area contributed by atoms with Crippen LogP contribution in [0, 0.1) is 0 Å². The molecule has 12 heavy (non-hydrogen) atoms. The molecule has 0 heterocycles. The van der Waals surface area contributed by atoms with Crippen molar-refractivity contribution in [2.24, 2.45) is 0 Å². The summed E-state index contributed by atoms with van der Waals surface area (Å²) in [5, 5.41) is 17.2. The van der Waals surface area contributed by atoms with Gasteiger partial charge in [-0.15, -0.1) is 0 Å². The van der Waals surface area contributed by atoms with Crippen molar-refractivity contribution in [3.05, 3.63) is 23.5 Å². The Morgan fingerprint density at radius 3 is 2.33 bits per heavy atom. The zero-order chi connectivity index (χ0) is 9.56. The van der Waals surface area contributed by atoms with E-state index in [2.05, 4.69) is 0 Å². The fourth-order valence-electron chi connectivity index (χ4n) is 0.723. The maximum Gasteiger partial charge on any atom is 0.331 e. The van der Waals surface area contributed by atoms with Crippen molar-refractivity contribution in [2.75, 3.05) is 0 Å². The topological polar surface area (TPSA) is 57.5 Å². The molecule has 0 saturated heterocycles. The maximum atomic E-state index is 10.1. The van der Waals surface area contributed by atoms with Crippen LogP contribution in [0.1, 0.15) is 26.7 Å². The van der Waals surface area contributed by atoms with E-state index < -0.39 is 5.97 Å². The van der Waals surface area contributed by atoms with Gasteiger partial charge in [-0.1, -0.05) is 11.6 Å². The van der Waals surface area contributed by atoms with Gasteiger partial charge in [-0.05, 0) is 20.3 Å². The van der Waals surface area contributed by atoms with Gasteiger partial charge in [0.1, 0.15) is 0 Å². The highest BCUT2D eigenvalue weighted by Gasteiger charge is 1.95. The molecular formula is C9H14O3. The van der Waals surface area contributed by atoms with E-state index in [4.69, 9.17) is 10.2 Å². The summed E-state index contributed by atoms with van der Waals surface area (Å²) in [5.41, 5.74) is 1.16. The average Bonchev–Trinajstić information content (AvgIpc) is 1.84. The van der Waals surface area contributed by atoms with E-state index in [0.717, 1.165) is 11.6 Å². The summed E-state index contributed by atoms with van der Waals surface area (Å²) in [7, 11) is 0. The van der Waals surface area contributed by atoms with Crippen molar-refractivity contribution in [1.82, 2.24) is 0 Å². The second kappa shape index (κ2) is 5.41. The van der Waals surface area contributed by atoms with Crippen LogP contribution >= 0.6 is 0 Å². The molecule has 0 aromatic heterocycles. The number of allylic oxidation sites excluding steroid dienone is 3. The number of hydrogen-bond donors (Lipinski definition) is 2. The SMILES string of the molecule is CC(C)=CCC/C(O)=C\C(=O)O. The van der Waals surface area contributed by atoms with Gasteiger partial charge in [-0.3, -0.25) is 0 Å². The standard InChI is InChI=1S/C9H14O3/c1-7(2)4-3-5-8(10)6-9(11)12/h4,6,10H,3,5H2,1-2H3,(H,11,12)/b8-6+. The number of carbonyl (C=O) groups is 1. The molecular weight excluding hydrogens is 156 g/mol. The van der Waals surface area contributed by atoms with Crippen molar-refractivity contribution in [3.8, 4) is 0 Å². The van der Waals surface area contributed by atoms with Gasteiger partial charge in [-0.25, -0.2) is 4.79 Å². The first-order valence-electron chi connectivity index (χ1n) is 3.78. The predicted octanol–water partition coefficient (Wildman–Crippen LogP) is 2.26. The first kappa shape index (κ1) is 10.8. The average molecular weight is 170 g/mol. The van der Waals surface area contributed by atoms with Crippen LogP contribution in [0.3, 0.4) is 0 Å². The van der Waals surface area contributed by atoms with Gasteiger partial charge in [0.25, 0.3) is 0 Å². The number of rotatable bonds is 4. The van der Waals surface area contributed by atoms with Gasteiger partial charge < -0.3 is 10.2 Å². The minimum Gasteiger partial charge on any atom is -0.512 e. The van der Waals surface area contributed by atoms with E-state index in [1.807, 2.05) is 19.9 Å². The third-order valence-corrected chi connectivity index (χ3v) is 1.24. The number of carboxylic acids is 1. The van der Waals surface area contributed by atoms with E-state index in [1.165, 1.54) is 0 Å². The molecule has 0 amide bonds. The molecule has 0 aromatic rings. The largest absolute Gasteiger partial charge is 0.512 e. The Balaban J connectivity index is 3.79. The second-order valence-corrected chi connectivity index (χ2v) is 2.79. The molecule has 0 aromatic carbocycles. The molecule has 0 aliphatic carbocycles. The lowest BCUT2D eigenvalue weighted by atomic mass is 10.2. The Morgan fingerprint density at radius 2 is 1.92 bits per heavy atom. The summed E-state index contributed by atoms with van der Waals surface area (Å²) in [6.07, 6.45) is 3.83. The quantitative estimate of drug-likeness (QED) is 0.386. The van der Waals surface area contributed by atoms with Crippen LogP contribution in [0.15, 0.2) is 23.5 Å². The van der Waals surface area contributed by atoms with E-state index in [-0.39, 0.29) is 5.76 Å². The summed E-state index contributed by atoms with van der Waals surface area (Å²) in [4.78, 5) is 10.1. The fourth-order valence-corrected chi connectivity index (χ4v) is 0.723. The van der Waals surface area contributed by atoms with Crippen molar-refractivity contribution < 1.29 is 15.0 Å². The third-order valence-electron chi connectivity index (χ3n) is 1.24. The Labute approximate surface area is 72.0 Å². The number of aliphatic carboxylic acids is 1. The zero-order valence-electron chi connectivity index (χ0n) is 7.37. The molecule has 68 valence electrons. The van der Waals surface area contributed by atoms with Gasteiger partial charge >= 0.3 is 5.97 Å². The first-order chi connectivity index (χ1) is 5.52. The van der Waals surface area contributed by atoms with E-state index >= 15 is 0 Å². The maximum absolute atomic E-state index is 10.1. The first-order valence-corrected chi connectivity index (χ1v) is 3.78. The molecule has 0 unspecified atom stereocenters. The lowest BCUT2D eigenvalue weighted by Crippen LogP contribution is -1.91. The van der Waals surface area contributed by atoms with E-state index in [0.29, 0.717) is 12.8 Å². The number of aliphatic hydroxyl groups is 1. The molecule has 0 aliphatic rings. The molecule has 0 radical (unpaired) electrons. The Bertz CT molecular complexity index is 210. The monoisotopic (exact) mass is 170 g/mol. The van der Waals surface area contributed by atoms with E-state index in [1.54, 1.807) is 0 Å². The van der Waals surface area contributed by atoms with Gasteiger partial charge in [0, 0.05) is 6.42 Å². The molecule has 3 heteroatoms. The second-order valence-electron chi connectivity index (χ2n) is 2.79. The van der Waals surface area contributed by atoms with Gasteiger partial charge in [0.15, 0.2) is 0 Å². The third kappa shape index (κ3) is 6.86. The molecule has 0 rings (SSSR count). The smallest absolute Gasteiger partial charge is 0.331 e. The van der Waals surface area contributed by atoms with Gasteiger partial charge in [0.05, 0.1) is 11.8 Å². The van der Waals surface area contributed by atoms with Crippen molar-refractivity contribution >= 4 is 5.97 Å². The molecule has 0 spiro atoms. The van der Waals surface area contributed by atoms with Crippen LogP contribution in [-0.4, -0.2) is 16.2 Å². The van der Waals surface area contributed by atoms with E-state index in [9.17, 15) is 4.79 Å². The highest BCUT2D eigenvalue weighted by atomic mass is 16.4. The van der Waals surface area contributed by atoms with Gasteiger partial charge in [-0.2, -0.15) is 0 Å². The molecule has 0 bridgehead atoms. The number of hydrogen-bond acceptors (Lipinski definition) is 2. The Kier molecular flexibility index (Phi) is 4.84. The minimum absolute atomic E-state index is 0.0833. The molecule has 0 saturated carbocycles. The summed E-state index contributed by atoms with van der Waals surface area (Å²) < 4.78 is 0. The highest BCUT2D eigenvalue weighted by Crippen LogP contribution is 2.03. The predicted molar refractivity (Wildman–Crippen MR) is 47.0 cm³/mol. The molecule has 2 N–H and O–H groups in total. The normalized spacial score (nSPS) is 11.0. The fraction of sp³-hybridized carbons (Fsp3) is 0.444. The summed E-state index contributed by atoms with van der Waals surface area (Å²) in [6.45, 7) is 3.91. The summed E-state index contributed by atoms with van der Waals surface area (Å²) in [6, 6.07) is 0. The van der Waals surface area contributed by atoms with Crippen molar-refractivity contribution in [2.45, 2.75) is 26.7 Å². The minimum atomic E-state index is -1.11. The van der Waals surface area contributed by atoms with Crippen LogP contribution in [0.4, 0.5) is 0 Å². The Hall–Kier alpha value is -1.25. The molecule has 0 atom stereocenters. The number of carboxylic acid groups (broad SMARTS) is 1. The van der Waals surface area contributed by atoms with Crippen LogP contribution in [0.2, 0.25) is 0 Å². The zero-order valence-corrected chi connectivity index (χ0v) is 7.37. The van der Waals surface area contributed by atoms with Gasteiger partial charge in [0.2, 0.25) is 0 Å². The Morgan fingerprint density at radius 1 is 1.33 bits per heavy atom. The molecule has 0 fully saturated rings. The summed E-state index contributed by atoms with van der Waals surface area (Å²) >= 11 is 0. The lowest BCUT2D eigenvalue weighted by Gasteiger charge is -1.94. The van der Waals surface area contributed by atoms with Crippen molar-refractivity contribution in [1.29, 1.82) is 0 Å². The van der Waals surface area contributed by atoms with Crippen LogP contribution in [0.25, 0.3) is 0 Å². The lowest BCUT2D eigenvalue weighted by molar-refractivity contribution is -0.131. The molecule has 3 nitrogen and oxygen atoms in total.